The number of benzene rings is 3. The summed E-state index contributed by atoms with van der Waals surface area (Å²) in [5.74, 6) is -0.654. The van der Waals surface area contributed by atoms with Crippen LogP contribution in [0.4, 0.5) is 5.69 Å². The minimum absolute atomic E-state index is 0.00550. The average molecular weight is 600 g/mol. The molecule has 0 saturated heterocycles. The van der Waals surface area contributed by atoms with Crippen molar-refractivity contribution in [2.75, 3.05) is 18.0 Å². The molecule has 41 heavy (non-hydrogen) atoms. The first-order valence-electron chi connectivity index (χ1n) is 13.5. The molecule has 0 unspecified atom stereocenters. The summed E-state index contributed by atoms with van der Waals surface area (Å²) in [6, 6.07) is 17.5. The molecule has 10 heteroatoms. The number of nitrogens with zero attached hydrogens (tertiary/aromatic N) is 2. The number of rotatable bonds is 12. The fraction of sp³-hybridized carbons (Fsp3) is 0.355. The van der Waals surface area contributed by atoms with Crippen LogP contribution in [0.3, 0.4) is 0 Å². The highest BCUT2D eigenvalue weighted by Gasteiger charge is 2.34. The van der Waals surface area contributed by atoms with Crippen LogP contribution in [0.15, 0.2) is 71.6 Å². The predicted molar refractivity (Wildman–Crippen MR) is 163 cm³/mol. The third-order valence-electron chi connectivity index (χ3n) is 7.07. The molecule has 8 nitrogen and oxygen atoms in total. The Morgan fingerprint density at radius 2 is 1.66 bits per heavy atom. The molecule has 3 aromatic rings. The number of aryl methyl sites for hydroxylation is 2. The number of amides is 2. The van der Waals surface area contributed by atoms with Gasteiger partial charge in [0.25, 0.3) is 10.0 Å². The molecule has 3 aromatic carbocycles. The summed E-state index contributed by atoms with van der Waals surface area (Å²) in [5.41, 5.74) is 2.79. The van der Waals surface area contributed by atoms with Crippen molar-refractivity contribution in [3.63, 3.8) is 0 Å². The maximum absolute atomic E-state index is 14.1. The van der Waals surface area contributed by atoms with Crippen LogP contribution in [-0.2, 0) is 26.2 Å². The number of hydrogen-bond donors (Lipinski definition) is 1. The molecule has 0 aromatic heterocycles. The average Bonchev–Trinajstić information content (AvgIpc) is 2.95. The maximum Gasteiger partial charge on any atom is 0.264 e. The second kappa shape index (κ2) is 13.9. The van der Waals surface area contributed by atoms with Crippen LogP contribution in [0, 0.1) is 13.8 Å². The first-order valence-corrected chi connectivity index (χ1v) is 15.3. The normalized spacial score (nSPS) is 12.8. The van der Waals surface area contributed by atoms with Crippen molar-refractivity contribution in [3.05, 3.63) is 88.4 Å². The summed E-state index contributed by atoms with van der Waals surface area (Å²) < 4.78 is 34.6. The largest absolute Gasteiger partial charge is 0.495 e. The van der Waals surface area contributed by atoms with Gasteiger partial charge < -0.3 is 15.0 Å². The Hall–Kier alpha value is -3.56. The molecule has 0 heterocycles. The van der Waals surface area contributed by atoms with E-state index in [1.54, 1.807) is 31.2 Å². The van der Waals surface area contributed by atoms with Gasteiger partial charge in [-0.3, -0.25) is 13.9 Å². The topological polar surface area (TPSA) is 96.0 Å². The molecule has 3 rings (SSSR count). The van der Waals surface area contributed by atoms with E-state index >= 15 is 0 Å². The Bertz CT molecular complexity index is 1480. The molecule has 0 radical (unpaired) electrons. The monoisotopic (exact) mass is 599 g/mol. The third-order valence-corrected chi connectivity index (χ3v) is 9.08. The predicted octanol–water partition coefficient (Wildman–Crippen LogP) is 5.49. The number of ether oxygens (including phenoxy) is 1. The first kappa shape index (κ1) is 32.0. The second-order valence-corrected chi connectivity index (χ2v) is 12.4. The van der Waals surface area contributed by atoms with Crippen molar-refractivity contribution in [1.29, 1.82) is 0 Å². The van der Waals surface area contributed by atoms with E-state index in [1.807, 2.05) is 52.0 Å². The number of hydrogen-bond acceptors (Lipinski definition) is 5. The third kappa shape index (κ3) is 7.80. The number of halogens is 1. The first-order chi connectivity index (χ1) is 19.4. The zero-order valence-electron chi connectivity index (χ0n) is 24.3. The molecule has 0 aliphatic carbocycles. The number of anilines is 1. The fourth-order valence-electron chi connectivity index (χ4n) is 4.23. The van der Waals surface area contributed by atoms with Crippen LogP contribution in [0.2, 0.25) is 5.02 Å². The van der Waals surface area contributed by atoms with Gasteiger partial charge in [-0.25, -0.2) is 8.42 Å². The van der Waals surface area contributed by atoms with Crippen molar-refractivity contribution in [1.82, 2.24) is 10.2 Å². The molecule has 220 valence electrons. The number of sulfonamides is 1. The summed E-state index contributed by atoms with van der Waals surface area (Å²) in [5, 5.41) is 3.21. The second-order valence-electron chi connectivity index (χ2n) is 10.1. The summed E-state index contributed by atoms with van der Waals surface area (Å²) in [6.45, 7) is 8.80. The van der Waals surface area contributed by atoms with Gasteiger partial charge in [0.15, 0.2) is 0 Å². The van der Waals surface area contributed by atoms with Gasteiger partial charge in [-0.1, -0.05) is 60.5 Å². The summed E-state index contributed by atoms with van der Waals surface area (Å²) >= 11 is 6.29. The highest BCUT2D eigenvalue weighted by Crippen LogP contribution is 2.35. The molecule has 0 bridgehead atoms. The van der Waals surface area contributed by atoms with E-state index in [4.69, 9.17) is 16.3 Å². The smallest absolute Gasteiger partial charge is 0.264 e. The van der Waals surface area contributed by atoms with Crippen molar-refractivity contribution >= 4 is 39.1 Å². The van der Waals surface area contributed by atoms with Gasteiger partial charge in [-0.15, -0.1) is 0 Å². The zero-order valence-corrected chi connectivity index (χ0v) is 25.9. The Morgan fingerprint density at radius 1 is 1.00 bits per heavy atom. The molecular weight excluding hydrogens is 562 g/mol. The Morgan fingerprint density at radius 3 is 2.27 bits per heavy atom. The molecule has 0 spiro atoms. The van der Waals surface area contributed by atoms with Gasteiger partial charge in [0.05, 0.1) is 17.7 Å². The fourth-order valence-corrected chi connectivity index (χ4v) is 5.81. The van der Waals surface area contributed by atoms with E-state index in [-0.39, 0.29) is 39.8 Å². The van der Waals surface area contributed by atoms with E-state index in [9.17, 15) is 18.0 Å². The number of carbonyl (C=O) groups is 2. The summed E-state index contributed by atoms with van der Waals surface area (Å²) in [4.78, 5) is 28.8. The number of carbonyl (C=O) groups excluding carboxylic acids is 2. The van der Waals surface area contributed by atoms with Gasteiger partial charge in [0.1, 0.15) is 18.3 Å². The zero-order chi connectivity index (χ0) is 30.3. The van der Waals surface area contributed by atoms with E-state index in [0.717, 1.165) is 27.4 Å². The lowest BCUT2D eigenvalue weighted by Gasteiger charge is -2.33. The van der Waals surface area contributed by atoms with E-state index in [1.165, 1.54) is 30.2 Å². The van der Waals surface area contributed by atoms with Crippen LogP contribution in [0.25, 0.3) is 0 Å². The van der Waals surface area contributed by atoms with Crippen LogP contribution >= 0.6 is 11.6 Å². The minimum Gasteiger partial charge on any atom is -0.495 e. The molecule has 0 aliphatic heterocycles. The van der Waals surface area contributed by atoms with E-state index in [2.05, 4.69) is 5.32 Å². The van der Waals surface area contributed by atoms with Gasteiger partial charge in [-0.05, 0) is 75.6 Å². The van der Waals surface area contributed by atoms with Crippen LogP contribution < -0.4 is 14.4 Å². The van der Waals surface area contributed by atoms with Crippen LogP contribution in [0.1, 0.15) is 43.9 Å². The molecule has 0 saturated carbocycles. The van der Waals surface area contributed by atoms with Crippen LogP contribution in [0.5, 0.6) is 5.75 Å². The van der Waals surface area contributed by atoms with E-state index < -0.39 is 28.5 Å². The van der Waals surface area contributed by atoms with Gasteiger partial charge in [0, 0.05) is 17.6 Å². The standard InChI is InChI=1S/C31H38ClN3O5S/c1-7-23(4)33-31(37)24(5)34(19-25-11-9-8-10-22(25)3)30(36)20-35(28-18-26(32)14-17-29(28)40-6)41(38,39)27-15-12-21(2)13-16-27/h8-18,23-24H,7,19-20H2,1-6H3,(H,33,37)/t23-,24+/m0/s1. The van der Waals surface area contributed by atoms with Gasteiger partial charge >= 0.3 is 0 Å². The Balaban J connectivity index is 2.11. The lowest BCUT2D eigenvalue weighted by Crippen LogP contribution is -2.52. The number of nitrogens with one attached hydrogen (secondary N) is 1. The van der Waals surface area contributed by atoms with Gasteiger partial charge in [0.2, 0.25) is 11.8 Å². The van der Waals surface area contributed by atoms with Crippen molar-refractivity contribution in [2.45, 2.75) is 64.6 Å². The molecular formula is C31H38ClN3O5S. The highest BCUT2D eigenvalue weighted by molar-refractivity contribution is 7.92. The highest BCUT2D eigenvalue weighted by atomic mass is 35.5. The van der Waals surface area contributed by atoms with Crippen LogP contribution in [-0.4, -0.2) is 50.9 Å². The lowest BCUT2D eigenvalue weighted by molar-refractivity contribution is -0.139. The van der Waals surface area contributed by atoms with Gasteiger partial charge in [-0.2, -0.15) is 0 Å². The molecule has 0 aliphatic rings. The van der Waals surface area contributed by atoms with Crippen molar-refractivity contribution in [3.8, 4) is 5.75 Å². The van der Waals surface area contributed by atoms with Crippen molar-refractivity contribution in [2.24, 2.45) is 0 Å². The SMILES string of the molecule is CC[C@H](C)NC(=O)[C@@H](C)N(Cc1ccccc1C)C(=O)CN(c1cc(Cl)ccc1OC)S(=O)(=O)c1ccc(C)cc1. The molecule has 2 amide bonds. The molecule has 2 atom stereocenters. The Labute approximate surface area is 248 Å². The quantitative estimate of drug-likeness (QED) is 0.297. The minimum atomic E-state index is -4.25. The summed E-state index contributed by atoms with van der Waals surface area (Å²) in [7, 11) is -2.84. The molecule has 1 N–H and O–H groups in total. The van der Waals surface area contributed by atoms with E-state index in [0.29, 0.717) is 0 Å². The number of methoxy groups -OCH3 is 1. The van der Waals surface area contributed by atoms with Crippen molar-refractivity contribution < 1.29 is 22.7 Å². The molecule has 0 fully saturated rings. The Kier molecular flexibility index (Phi) is 10.8. The lowest BCUT2D eigenvalue weighted by atomic mass is 10.1. The maximum atomic E-state index is 14.1. The summed E-state index contributed by atoms with van der Waals surface area (Å²) in [6.07, 6.45) is 0.724.